The summed E-state index contributed by atoms with van der Waals surface area (Å²) in [4.78, 5) is 0. The predicted octanol–water partition coefficient (Wildman–Crippen LogP) is 3.39. The number of nitrogens with zero attached hydrogens (tertiary/aromatic N) is 3. The summed E-state index contributed by atoms with van der Waals surface area (Å²) in [5.41, 5.74) is 5.41. The Kier molecular flexibility index (Phi) is 5.12. The first kappa shape index (κ1) is 15.1. The summed E-state index contributed by atoms with van der Waals surface area (Å²) in [6, 6.07) is 18.6. The molecule has 0 radical (unpaired) electrons. The highest BCUT2D eigenvalue weighted by Crippen LogP contribution is 2.17. The average Bonchev–Trinajstić information content (AvgIpc) is 2.56. The fourth-order valence-electron chi connectivity index (χ4n) is 1.67. The Labute approximate surface area is 129 Å². The van der Waals surface area contributed by atoms with Gasteiger partial charge in [-0.25, -0.2) is 0 Å². The van der Waals surface area contributed by atoms with Crippen molar-refractivity contribution in [2.75, 3.05) is 5.43 Å². The Balaban J connectivity index is 1.92. The van der Waals surface area contributed by atoms with Gasteiger partial charge in [0, 0.05) is 0 Å². The molecule has 2 rings (SSSR count). The molecule has 0 saturated carbocycles. The number of benzene rings is 2. The smallest absolute Gasteiger partial charge is 0.237 e. The monoisotopic (exact) mass is 290 g/mol. The number of anilines is 1. The largest absolute Gasteiger partial charge is 0.489 e. The molecular weight excluding hydrogens is 276 g/mol. The molecule has 22 heavy (non-hydrogen) atoms. The third-order valence-corrected chi connectivity index (χ3v) is 2.89. The minimum Gasteiger partial charge on any atom is -0.489 e. The van der Waals surface area contributed by atoms with Gasteiger partial charge < -0.3 is 4.74 Å². The zero-order valence-electron chi connectivity index (χ0n) is 12.1. The fraction of sp³-hybridized carbons (Fsp3) is 0.118. The summed E-state index contributed by atoms with van der Waals surface area (Å²) in [7, 11) is 0. The molecule has 5 nitrogen and oxygen atoms in total. The normalized spacial score (nSPS) is 9.23. The van der Waals surface area contributed by atoms with Crippen molar-refractivity contribution in [2.45, 2.75) is 13.5 Å². The van der Waals surface area contributed by atoms with E-state index >= 15 is 0 Å². The first-order chi connectivity index (χ1) is 10.7. The van der Waals surface area contributed by atoms with E-state index in [1.165, 1.54) is 5.56 Å². The number of hydrogen-bond donors (Lipinski definition) is 1. The third-order valence-electron chi connectivity index (χ3n) is 2.89. The van der Waals surface area contributed by atoms with Crippen LogP contribution in [0.25, 0.3) is 0 Å². The maximum Gasteiger partial charge on any atom is 0.237 e. The number of hydrogen-bond acceptors (Lipinski definition) is 5. The van der Waals surface area contributed by atoms with Crippen LogP contribution in [0.4, 0.5) is 5.69 Å². The molecule has 0 bridgehead atoms. The minimum atomic E-state index is -0.223. The van der Waals surface area contributed by atoms with Crippen molar-refractivity contribution < 1.29 is 4.74 Å². The summed E-state index contributed by atoms with van der Waals surface area (Å²) in [5, 5.41) is 20.8. The van der Waals surface area contributed by atoms with Gasteiger partial charge >= 0.3 is 0 Å². The number of hydrazone groups is 1. The molecule has 0 amide bonds. The van der Waals surface area contributed by atoms with Crippen LogP contribution in [0.3, 0.4) is 0 Å². The van der Waals surface area contributed by atoms with E-state index in [0.29, 0.717) is 12.3 Å². The standard InChI is InChI=1S/C17H14N4O/c1-13-2-4-14(5-3-13)12-22-17-8-6-15(7-9-17)20-21-16(10-18)11-19/h2-9,20H,12H2,1H3. The number of ether oxygens (including phenoxy) is 1. The topological polar surface area (TPSA) is 81.2 Å². The van der Waals surface area contributed by atoms with Crippen LogP contribution in [-0.2, 0) is 6.61 Å². The Morgan fingerprint density at radius 2 is 1.68 bits per heavy atom. The molecule has 0 aromatic heterocycles. The Bertz CT molecular complexity index is 718. The van der Waals surface area contributed by atoms with Gasteiger partial charge in [-0.15, -0.1) is 0 Å². The van der Waals surface area contributed by atoms with Gasteiger partial charge in [0.05, 0.1) is 5.69 Å². The molecule has 0 saturated heterocycles. The van der Waals surface area contributed by atoms with Crippen molar-refractivity contribution in [3.05, 3.63) is 59.7 Å². The third kappa shape index (κ3) is 4.36. The van der Waals surface area contributed by atoms with Gasteiger partial charge in [-0.05, 0) is 36.8 Å². The quantitative estimate of drug-likeness (QED) is 0.676. The molecule has 108 valence electrons. The molecule has 5 heteroatoms. The van der Waals surface area contributed by atoms with E-state index in [9.17, 15) is 0 Å². The minimum absolute atomic E-state index is 0.223. The number of nitriles is 2. The molecule has 2 aromatic carbocycles. The SMILES string of the molecule is Cc1ccc(COc2ccc(NN=C(C#N)C#N)cc2)cc1. The van der Waals surface area contributed by atoms with Crippen molar-refractivity contribution in [1.82, 2.24) is 0 Å². The first-order valence-corrected chi connectivity index (χ1v) is 6.63. The molecule has 0 spiro atoms. The molecule has 0 fully saturated rings. The average molecular weight is 290 g/mol. The van der Waals surface area contributed by atoms with Crippen LogP contribution in [0.15, 0.2) is 53.6 Å². The molecular formula is C17H14N4O. The molecule has 0 unspecified atom stereocenters. The number of aryl methyl sites for hydroxylation is 1. The lowest BCUT2D eigenvalue weighted by Gasteiger charge is -2.07. The van der Waals surface area contributed by atoms with E-state index in [-0.39, 0.29) is 5.71 Å². The highest BCUT2D eigenvalue weighted by Gasteiger charge is 1.98. The summed E-state index contributed by atoms with van der Waals surface area (Å²) >= 11 is 0. The highest BCUT2D eigenvalue weighted by molar-refractivity contribution is 6.10. The van der Waals surface area contributed by atoms with Crippen LogP contribution in [0, 0.1) is 29.6 Å². The van der Waals surface area contributed by atoms with Crippen LogP contribution in [-0.4, -0.2) is 5.71 Å². The summed E-state index contributed by atoms with van der Waals surface area (Å²) < 4.78 is 5.69. The molecule has 0 heterocycles. The van der Waals surface area contributed by atoms with E-state index < -0.39 is 0 Å². The zero-order valence-corrected chi connectivity index (χ0v) is 12.1. The van der Waals surface area contributed by atoms with E-state index in [2.05, 4.69) is 10.5 Å². The van der Waals surface area contributed by atoms with Gasteiger partial charge in [0.15, 0.2) is 0 Å². The van der Waals surface area contributed by atoms with Gasteiger partial charge in [0.2, 0.25) is 5.71 Å². The van der Waals surface area contributed by atoms with E-state index in [4.69, 9.17) is 15.3 Å². The van der Waals surface area contributed by atoms with Crippen molar-refractivity contribution in [1.29, 1.82) is 10.5 Å². The lowest BCUT2D eigenvalue weighted by molar-refractivity contribution is 0.306. The summed E-state index contributed by atoms with van der Waals surface area (Å²) in [6.07, 6.45) is 0. The van der Waals surface area contributed by atoms with Crippen molar-refractivity contribution in [2.24, 2.45) is 5.10 Å². The van der Waals surface area contributed by atoms with E-state index in [0.717, 1.165) is 11.3 Å². The van der Waals surface area contributed by atoms with Crippen LogP contribution in [0.1, 0.15) is 11.1 Å². The molecule has 0 atom stereocenters. The number of rotatable bonds is 5. The maximum absolute atomic E-state index is 8.58. The summed E-state index contributed by atoms with van der Waals surface area (Å²) in [5.74, 6) is 0.732. The van der Waals surface area contributed by atoms with Crippen molar-refractivity contribution in [3.63, 3.8) is 0 Å². The van der Waals surface area contributed by atoms with Crippen LogP contribution in [0.2, 0.25) is 0 Å². The van der Waals surface area contributed by atoms with Gasteiger partial charge in [-0.2, -0.15) is 15.6 Å². The maximum atomic E-state index is 8.58. The second-order valence-corrected chi connectivity index (χ2v) is 4.59. The van der Waals surface area contributed by atoms with Crippen molar-refractivity contribution in [3.8, 4) is 17.9 Å². The predicted molar refractivity (Wildman–Crippen MR) is 84.2 cm³/mol. The molecule has 0 aliphatic rings. The van der Waals surface area contributed by atoms with Gasteiger partial charge in [-0.1, -0.05) is 29.8 Å². The fourth-order valence-corrected chi connectivity index (χ4v) is 1.67. The lowest BCUT2D eigenvalue weighted by Crippen LogP contribution is -1.97. The molecule has 0 aliphatic heterocycles. The molecule has 1 N–H and O–H groups in total. The van der Waals surface area contributed by atoms with Crippen LogP contribution >= 0.6 is 0 Å². The molecule has 0 aliphatic carbocycles. The van der Waals surface area contributed by atoms with Gasteiger partial charge in [-0.3, -0.25) is 5.43 Å². The van der Waals surface area contributed by atoms with Crippen LogP contribution in [0.5, 0.6) is 5.75 Å². The van der Waals surface area contributed by atoms with Crippen LogP contribution < -0.4 is 10.2 Å². The van der Waals surface area contributed by atoms with E-state index in [1.54, 1.807) is 36.4 Å². The second kappa shape index (κ2) is 7.47. The zero-order chi connectivity index (χ0) is 15.8. The Hall–Kier alpha value is -3.31. The number of nitrogens with one attached hydrogen (secondary N) is 1. The van der Waals surface area contributed by atoms with E-state index in [1.807, 2.05) is 31.2 Å². The Morgan fingerprint density at radius 3 is 2.27 bits per heavy atom. The molecule has 2 aromatic rings. The Morgan fingerprint density at radius 1 is 1.05 bits per heavy atom. The highest BCUT2D eigenvalue weighted by atomic mass is 16.5. The summed E-state index contributed by atoms with van der Waals surface area (Å²) in [6.45, 7) is 2.54. The first-order valence-electron chi connectivity index (χ1n) is 6.63. The van der Waals surface area contributed by atoms with Crippen molar-refractivity contribution >= 4 is 11.4 Å². The lowest BCUT2D eigenvalue weighted by atomic mass is 10.2. The van der Waals surface area contributed by atoms with Gasteiger partial charge in [0.1, 0.15) is 24.5 Å². The van der Waals surface area contributed by atoms with Gasteiger partial charge in [0.25, 0.3) is 0 Å². The second-order valence-electron chi connectivity index (χ2n) is 4.59.